The number of rotatable bonds is 6. The Morgan fingerprint density at radius 3 is 2.48 bits per heavy atom. The molecule has 0 radical (unpaired) electrons. The maximum absolute atomic E-state index is 12.0. The summed E-state index contributed by atoms with van der Waals surface area (Å²) in [6.45, 7) is 3.61. The van der Waals surface area contributed by atoms with Crippen LogP contribution < -0.4 is 14.9 Å². The summed E-state index contributed by atoms with van der Waals surface area (Å²) >= 11 is 0. The average molecular weight is 312 g/mol. The Bertz CT molecular complexity index is 698. The predicted molar refractivity (Wildman–Crippen MR) is 90.0 cm³/mol. The van der Waals surface area contributed by atoms with Gasteiger partial charge in [0, 0.05) is 5.56 Å². The van der Waals surface area contributed by atoms with Crippen LogP contribution >= 0.6 is 0 Å². The Morgan fingerprint density at radius 1 is 1.13 bits per heavy atom. The highest BCUT2D eigenvalue weighted by Crippen LogP contribution is 2.18. The van der Waals surface area contributed by atoms with Crippen LogP contribution in [-0.4, -0.2) is 25.3 Å². The molecule has 2 aromatic carbocycles. The Labute approximate surface area is 135 Å². The lowest BCUT2D eigenvalue weighted by Crippen LogP contribution is -2.33. The summed E-state index contributed by atoms with van der Waals surface area (Å²) in [6, 6.07) is 15.0. The normalized spacial score (nSPS) is 12.0. The lowest BCUT2D eigenvalue weighted by atomic mass is 10.2. The van der Waals surface area contributed by atoms with Crippen LogP contribution in [-0.2, 0) is 4.79 Å². The number of methoxy groups -OCH3 is 1. The number of nitrogens with zero attached hydrogens (tertiary/aromatic N) is 1. The number of hydrogen-bond acceptors (Lipinski definition) is 4. The van der Waals surface area contributed by atoms with Crippen molar-refractivity contribution in [2.45, 2.75) is 20.0 Å². The van der Waals surface area contributed by atoms with Gasteiger partial charge in [0.25, 0.3) is 5.91 Å². The Balaban J connectivity index is 1.94. The molecule has 0 saturated carbocycles. The van der Waals surface area contributed by atoms with E-state index in [1.165, 1.54) is 6.21 Å². The van der Waals surface area contributed by atoms with E-state index in [2.05, 4.69) is 10.5 Å². The number of hydrazone groups is 1. The third-order valence-electron chi connectivity index (χ3n) is 3.28. The molecule has 1 unspecified atom stereocenters. The van der Waals surface area contributed by atoms with Crippen molar-refractivity contribution in [2.24, 2.45) is 5.10 Å². The van der Waals surface area contributed by atoms with Crippen LogP contribution in [0.25, 0.3) is 0 Å². The van der Waals surface area contributed by atoms with Gasteiger partial charge in [0.15, 0.2) is 6.10 Å². The molecule has 23 heavy (non-hydrogen) atoms. The smallest absolute Gasteiger partial charge is 0.280 e. The fraction of sp³-hybridized carbons (Fsp3) is 0.222. The van der Waals surface area contributed by atoms with E-state index in [1.54, 1.807) is 14.0 Å². The quantitative estimate of drug-likeness (QED) is 0.659. The largest absolute Gasteiger partial charge is 0.496 e. The number of ether oxygens (including phenoxy) is 2. The monoisotopic (exact) mass is 312 g/mol. The van der Waals surface area contributed by atoms with Gasteiger partial charge in [0.05, 0.1) is 13.3 Å². The number of para-hydroxylation sites is 2. The minimum atomic E-state index is -0.647. The molecule has 0 saturated heterocycles. The Kier molecular flexibility index (Phi) is 5.74. The summed E-state index contributed by atoms with van der Waals surface area (Å²) < 4.78 is 10.9. The highest BCUT2D eigenvalue weighted by molar-refractivity contribution is 5.86. The van der Waals surface area contributed by atoms with E-state index in [0.29, 0.717) is 11.5 Å². The molecule has 0 aromatic heterocycles. The summed E-state index contributed by atoms with van der Waals surface area (Å²) in [4.78, 5) is 12.0. The van der Waals surface area contributed by atoms with Crippen LogP contribution in [0.1, 0.15) is 18.1 Å². The number of hydrogen-bond donors (Lipinski definition) is 1. The third-order valence-corrected chi connectivity index (χ3v) is 3.28. The molecule has 1 N–H and O–H groups in total. The average Bonchev–Trinajstić information content (AvgIpc) is 2.57. The minimum Gasteiger partial charge on any atom is -0.496 e. The zero-order valence-corrected chi connectivity index (χ0v) is 13.4. The van der Waals surface area contributed by atoms with Crippen molar-refractivity contribution in [2.75, 3.05) is 7.11 Å². The third kappa shape index (κ3) is 4.57. The highest BCUT2D eigenvalue weighted by atomic mass is 16.5. The molecule has 0 heterocycles. The Morgan fingerprint density at radius 2 is 1.78 bits per heavy atom. The first-order valence-corrected chi connectivity index (χ1v) is 7.30. The number of carbonyl (C=O) groups excluding carboxylic acids is 1. The predicted octanol–water partition coefficient (Wildman–Crippen LogP) is 2.92. The van der Waals surface area contributed by atoms with Crippen molar-refractivity contribution in [3.63, 3.8) is 0 Å². The molecule has 5 nitrogen and oxygen atoms in total. The first-order valence-electron chi connectivity index (χ1n) is 7.30. The van der Waals surface area contributed by atoms with Crippen LogP contribution in [0.5, 0.6) is 11.5 Å². The summed E-state index contributed by atoms with van der Waals surface area (Å²) in [5.74, 6) is 1.05. The van der Waals surface area contributed by atoms with Gasteiger partial charge < -0.3 is 9.47 Å². The first kappa shape index (κ1) is 16.5. The fourth-order valence-corrected chi connectivity index (χ4v) is 1.96. The van der Waals surface area contributed by atoms with Crippen LogP contribution in [0.4, 0.5) is 0 Å². The molecule has 0 aliphatic rings. The van der Waals surface area contributed by atoms with Crippen LogP contribution in [0.15, 0.2) is 53.6 Å². The maximum Gasteiger partial charge on any atom is 0.280 e. The van der Waals surface area contributed by atoms with E-state index in [9.17, 15) is 4.79 Å². The van der Waals surface area contributed by atoms with Gasteiger partial charge in [0.1, 0.15) is 11.5 Å². The van der Waals surface area contributed by atoms with Gasteiger partial charge >= 0.3 is 0 Å². The topological polar surface area (TPSA) is 59.9 Å². The second-order valence-electron chi connectivity index (χ2n) is 5.00. The molecule has 1 amide bonds. The van der Waals surface area contributed by atoms with Crippen molar-refractivity contribution in [1.82, 2.24) is 5.43 Å². The van der Waals surface area contributed by atoms with Gasteiger partial charge in [-0.25, -0.2) is 5.43 Å². The van der Waals surface area contributed by atoms with Gasteiger partial charge in [-0.05, 0) is 37.6 Å². The second-order valence-corrected chi connectivity index (χ2v) is 5.00. The van der Waals surface area contributed by atoms with Gasteiger partial charge in [-0.1, -0.05) is 30.3 Å². The first-order chi connectivity index (χ1) is 11.1. The zero-order chi connectivity index (χ0) is 16.7. The molecule has 2 aromatic rings. The molecule has 0 spiro atoms. The molecular formula is C18H20N2O3. The molecule has 5 heteroatoms. The molecule has 0 aliphatic heterocycles. The summed E-state index contributed by atoms with van der Waals surface area (Å²) in [5, 5.41) is 3.95. The second kappa shape index (κ2) is 7.98. The van der Waals surface area contributed by atoms with Gasteiger partial charge in [-0.3, -0.25) is 4.79 Å². The molecule has 1 atom stereocenters. The van der Waals surface area contributed by atoms with Crippen LogP contribution in [0.2, 0.25) is 0 Å². The van der Waals surface area contributed by atoms with E-state index in [4.69, 9.17) is 9.47 Å². The standard InChI is InChI=1S/C18H20N2O3/c1-13-8-4-6-10-16(13)23-14(2)18(21)20-19-12-15-9-5-7-11-17(15)22-3/h4-12,14H,1-3H3,(H,20,21)/b19-12+. The van der Waals surface area contributed by atoms with E-state index in [-0.39, 0.29) is 5.91 Å². The lowest BCUT2D eigenvalue weighted by Gasteiger charge is -2.14. The minimum absolute atomic E-state index is 0.320. The van der Waals surface area contributed by atoms with E-state index in [0.717, 1.165) is 11.1 Å². The molecule has 0 fully saturated rings. The van der Waals surface area contributed by atoms with E-state index >= 15 is 0 Å². The SMILES string of the molecule is COc1ccccc1/C=N/NC(=O)C(C)Oc1ccccc1C. The summed E-state index contributed by atoms with van der Waals surface area (Å²) in [5.41, 5.74) is 4.23. The number of nitrogens with one attached hydrogen (secondary N) is 1. The summed E-state index contributed by atoms with van der Waals surface area (Å²) in [7, 11) is 1.59. The number of benzene rings is 2. The van der Waals surface area contributed by atoms with Crippen molar-refractivity contribution < 1.29 is 14.3 Å². The van der Waals surface area contributed by atoms with E-state index in [1.807, 2.05) is 55.5 Å². The van der Waals surface area contributed by atoms with Crippen molar-refractivity contribution in [1.29, 1.82) is 0 Å². The zero-order valence-electron chi connectivity index (χ0n) is 13.4. The molecule has 0 aliphatic carbocycles. The van der Waals surface area contributed by atoms with Crippen molar-refractivity contribution in [3.8, 4) is 11.5 Å². The van der Waals surface area contributed by atoms with Gasteiger partial charge in [-0.2, -0.15) is 5.10 Å². The van der Waals surface area contributed by atoms with Crippen LogP contribution in [0, 0.1) is 6.92 Å². The molecular weight excluding hydrogens is 292 g/mol. The van der Waals surface area contributed by atoms with E-state index < -0.39 is 6.10 Å². The van der Waals surface area contributed by atoms with Gasteiger partial charge in [-0.15, -0.1) is 0 Å². The number of carbonyl (C=O) groups is 1. The van der Waals surface area contributed by atoms with Crippen LogP contribution in [0.3, 0.4) is 0 Å². The highest BCUT2D eigenvalue weighted by Gasteiger charge is 2.14. The lowest BCUT2D eigenvalue weighted by molar-refractivity contribution is -0.127. The number of amides is 1. The number of aryl methyl sites for hydroxylation is 1. The van der Waals surface area contributed by atoms with Gasteiger partial charge in [0.2, 0.25) is 0 Å². The molecule has 120 valence electrons. The van der Waals surface area contributed by atoms with Crippen molar-refractivity contribution >= 4 is 12.1 Å². The van der Waals surface area contributed by atoms with Crippen molar-refractivity contribution in [3.05, 3.63) is 59.7 Å². The maximum atomic E-state index is 12.0. The molecule has 2 rings (SSSR count). The molecule has 0 bridgehead atoms. The fourth-order valence-electron chi connectivity index (χ4n) is 1.96. The Hall–Kier alpha value is -2.82. The summed E-state index contributed by atoms with van der Waals surface area (Å²) in [6.07, 6.45) is 0.892.